The second kappa shape index (κ2) is 7.31. The minimum atomic E-state index is -0.650. The summed E-state index contributed by atoms with van der Waals surface area (Å²) in [6, 6.07) is 20.8. The van der Waals surface area contributed by atoms with Crippen molar-refractivity contribution in [3.63, 3.8) is 0 Å². The molecule has 0 spiro atoms. The van der Waals surface area contributed by atoms with Crippen molar-refractivity contribution in [3.8, 4) is 6.07 Å². The van der Waals surface area contributed by atoms with Gasteiger partial charge >= 0.3 is 0 Å². The Labute approximate surface area is 131 Å². The molecule has 21 heavy (non-hydrogen) atoms. The molecule has 2 nitrogen and oxygen atoms in total. The lowest BCUT2D eigenvalue weighted by atomic mass is 9.93. The molecule has 1 N–H and O–H groups in total. The van der Waals surface area contributed by atoms with E-state index in [-0.39, 0.29) is 0 Å². The first-order valence-corrected chi connectivity index (χ1v) is 8.10. The van der Waals surface area contributed by atoms with Crippen molar-refractivity contribution in [2.45, 2.75) is 24.3 Å². The zero-order valence-electron chi connectivity index (χ0n) is 12.5. The van der Waals surface area contributed by atoms with Gasteiger partial charge in [-0.2, -0.15) is 5.26 Å². The quantitative estimate of drug-likeness (QED) is 0.815. The molecule has 2 rings (SSSR count). The maximum Gasteiger partial charge on any atom is 0.141 e. The van der Waals surface area contributed by atoms with Crippen molar-refractivity contribution in [3.05, 3.63) is 65.7 Å². The molecule has 2 aromatic rings. The largest absolute Gasteiger partial charge is 0.295 e. The van der Waals surface area contributed by atoms with Crippen molar-refractivity contribution >= 4 is 11.8 Å². The molecule has 0 amide bonds. The molecule has 0 radical (unpaired) electrons. The Morgan fingerprint density at radius 2 is 1.76 bits per heavy atom. The fourth-order valence-corrected chi connectivity index (χ4v) is 3.48. The number of nitrogens with zero attached hydrogens (tertiary/aromatic N) is 1. The predicted octanol–water partition coefficient (Wildman–Crippen LogP) is 4.12. The van der Waals surface area contributed by atoms with Crippen LogP contribution in [0.2, 0.25) is 0 Å². The first-order valence-electron chi connectivity index (χ1n) is 7.12. The summed E-state index contributed by atoms with van der Waals surface area (Å²) in [4.78, 5) is 1.23. The van der Waals surface area contributed by atoms with Gasteiger partial charge in [-0.25, -0.2) is 0 Å². The van der Waals surface area contributed by atoms with Gasteiger partial charge in [-0.05, 0) is 30.7 Å². The SMILES string of the molecule is CCNC(C#N)(CSc1ccccc1C)c1ccccc1. The predicted molar refractivity (Wildman–Crippen MR) is 89.3 cm³/mol. The minimum Gasteiger partial charge on any atom is -0.295 e. The number of benzene rings is 2. The Balaban J connectivity index is 2.26. The molecule has 108 valence electrons. The summed E-state index contributed by atoms with van der Waals surface area (Å²) >= 11 is 1.73. The van der Waals surface area contributed by atoms with Crippen molar-refractivity contribution in [2.24, 2.45) is 0 Å². The van der Waals surface area contributed by atoms with E-state index in [0.717, 1.165) is 12.1 Å². The summed E-state index contributed by atoms with van der Waals surface area (Å²) in [5.41, 5.74) is 1.62. The van der Waals surface area contributed by atoms with Gasteiger partial charge < -0.3 is 0 Å². The third-order valence-corrected chi connectivity index (χ3v) is 4.82. The summed E-state index contributed by atoms with van der Waals surface area (Å²) in [6.07, 6.45) is 0. The van der Waals surface area contributed by atoms with Crippen LogP contribution in [-0.4, -0.2) is 12.3 Å². The molecular formula is C18H20N2S. The van der Waals surface area contributed by atoms with Gasteiger partial charge in [-0.3, -0.25) is 5.32 Å². The van der Waals surface area contributed by atoms with Gasteiger partial charge in [0.25, 0.3) is 0 Å². The first kappa shape index (κ1) is 15.6. The Morgan fingerprint density at radius 3 is 2.38 bits per heavy atom. The summed E-state index contributed by atoms with van der Waals surface area (Å²) < 4.78 is 0. The van der Waals surface area contributed by atoms with Gasteiger partial charge in [0.05, 0.1) is 6.07 Å². The highest BCUT2D eigenvalue weighted by Crippen LogP contribution is 2.31. The van der Waals surface area contributed by atoms with Crippen LogP contribution in [0.3, 0.4) is 0 Å². The van der Waals surface area contributed by atoms with E-state index in [1.807, 2.05) is 49.4 Å². The number of hydrogen-bond acceptors (Lipinski definition) is 3. The average molecular weight is 296 g/mol. The molecule has 2 aromatic carbocycles. The maximum absolute atomic E-state index is 9.78. The van der Waals surface area contributed by atoms with Crippen molar-refractivity contribution in [1.29, 1.82) is 5.26 Å². The van der Waals surface area contributed by atoms with Gasteiger partial charge in [0, 0.05) is 10.6 Å². The fourth-order valence-electron chi connectivity index (χ4n) is 2.30. The molecule has 0 saturated carbocycles. The highest BCUT2D eigenvalue weighted by atomic mass is 32.2. The normalized spacial score (nSPS) is 13.4. The van der Waals surface area contributed by atoms with Gasteiger partial charge in [-0.15, -0.1) is 11.8 Å². The lowest BCUT2D eigenvalue weighted by Crippen LogP contribution is -2.43. The summed E-state index contributed by atoms with van der Waals surface area (Å²) in [5.74, 6) is 0.687. The van der Waals surface area contributed by atoms with Gasteiger partial charge in [0.15, 0.2) is 0 Å². The van der Waals surface area contributed by atoms with Crippen LogP contribution in [0.4, 0.5) is 0 Å². The molecule has 0 aliphatic carbocycles. The highest BCUT2D eigenvalue weighted by molar-refractivity contribution is 7.99. The first-order chi connectivity index (χ1) is 10.2. The van der Waals surface area contributed by atoms with Crippen LogP contribution < -0.4 is 5.32 Å². The molecule has 0 fully saturated rings. The second-order valence-electron chi connectivity index (χ2n) is 4.97. The van der Waals surface area contributed by atoms with Crippen LogP contribution in [0.25, 0.3) is 0 Å². The van der Waals surface area contributed by atoms with E-state index in [1.165, 1.54) is 10.5 Å². The Morgan fingerprint density at radius 1 is 1.10 bits per heavy atom. The molecule has 0 aliphatic heterocycles. The van der Waals surface area contributed by atoms with E-state index < -0.39 is 5.54 Å². The summed E-state index contributed by atoms with van der Waals surface area (Å²) in [6.45, 7) is 4.90. The molecule has 1 unspecified atom stereocenters. The van der Waals surface area contributed by atoms with Crippen LogP contribution in [0, 0.1) is 18.3 Å². The zero-order chi connectivity index (χ0) is 15.1. The van der Waals surface area contributed by atoms with E-state index in [9.17, 15) is 5.26 Å². The van der Waals surface area contributed by atoms with Crippen molar-refractivity contribution in [2.75, 3.05) is 12.3 Å². The van der Waals surface area contributed by atoms with Crippen LogP contribution >= 0.6 is 11.8 Å². The smallest absolute Gasteiger partial charge is 0.141 e. The van der Waals surface area contributed by atoms with E-state index in [0.29, 0.717) is 5.75 Å². The molecule has 0 bridgehead atoms. The zero-order valence-corrected chi connectivity index (χ0v) is 13.3. The number of nitriles is 1. The molecule has 1 atom stereocenters. The lowest BCUT2D eigenvalue weighted by Gasteiger charge is -2.28. The molecular weight excluding hydrogens is 276 g/mol. The molecule has 0 aromatic heterocycles. The van der Waals surface area contributed by atoms with Gasteiger partial charge in [0.1, 0.15) is 5.54 Å². The van der Waals surface area contributed by atoms with E-state index in [2.05, 4.69) is 30.4 Å². The molecule has 3 heteroatoms. The number of aryl methyl sites for hydroxylation is 1. The lowest BCUT2D eigenvalue weighted by molar-refractivity contribution is 0.490. The Kier molecular flexibility index (Phi) is 5.44. The second-order valence-corrected chi connectivity index (χ2v) is 5.98. The molecule has 0 aliphatic rings. The summed E-state index contributed by atoms with van der Waals surface area (Å²) in [7, 11) is 0. The summed E-state index contributed by atoms with van der Waals surface area (Å²) in [5, 5.41) is 13.2. The van der Waals surface area contributed by atoms with Crippen LogP contribution in [0.5, 0.6) is 0 Å². The molecule has 0 saturated heterocycles. The van der Waals surface area contributed by atoms with Crippen LogP contribution in [-0.2, 0) is 5.54 Å². The third kappa shape index (κ3) is 3.66. The Bertz CT molecular complexity index is 619. The number of nitrogens with one attached hydrogen (secondary N) is 1. The van der Waals surface area contributed by atoms with Crippen LogP contribution in [0.15, 0.2) is 59.5 Å². The Hall–Kier alpha value is -1.76. The topological polar surface area (TPSA) is 35.8 Å². The van der Waals surface area contributed by atoms with Gasteiger partial charge in [0.2, 0.25) is 0 Å². The average Bonchev–Trinajstić information content (AvgIpc) is 2.54. The van der Waals surface area contributed by atoms with E-state index in [4.69, 9.17) is 0 Å². The standard InChI is InChI=1S/C18H20N2S/c1-3-20-18(13-19,16-10-5-4-6-11-16)14-21-17-12-8-7-9-15(17)2/h4-12,20H,3,14H2,1-2H3. The van der Waals surface area contributed by atoms with Gasteiger partial charge in [-0.1, -0.05) is 55.5 Å². The highest BCUT2D eigenvalue weighted by Gasteiger charge is 2.31. The third-order valence-electron chi connectivity index (χ3n) is 3.47. The minimum absolute atomic E-state index is 0.650. The monoisotopic (exact) mass is 296 g/mol. The molecule has 0 heterocycles. The number of thioether (sulfide) groups is 1. The number of rotatable bonds is 6. The van der Waals surface area contributed by atoms with E-state index in [1.54, 1.807) is 11.8 Å². The van der Waals surface area contributed by atoms with Crippen molar-refractivity contribution in [1.82, 2.24) is 5.32 Å². The fraction of sp³-hybridized carbons (Fsp3) is 0.278. The van der Waals surface area contributed by atoms with Crippen LogP contribution in [0.1, 0.15) is 18.1 Å². The number of hydrogen-bond donors (Lipinski definition) is 1. The maximum atomic E-state index is 9.78. The van der Waals surface area contributed by atoms with E-state index >= 15 is 0 Å². The van der Waals surface area contributed by atoms with Crippen molar-refractivity contribution < 1.29 is 0 Å².